The average Bonchev–Trinajstić information content (AvgIpc) is 2.62. The molecule has 0 spiro atoms. The van der Waals surface area contributed by atoms with Gasteiger partial charge >= 0.3 is 5.97 Å². The number of aliphatic carboxylic acids is 1. The van der Waals surface area contributed by atoms with E-state index in [9.17, 15) is 13.2 Å². The third-order valence-corrected chi connectivity index (χ3v) is 4.48. The van der Waals surface area contributed by atoms with Crippen molar-refractivity contribution in [3.63, 3.8) is 0 Å². The van der Waals surface area contributed by atoms with Gasteiger partial charge < -0.3 is 5.11 Å². The smallest absolute Gasteiger partial charge is 0.328 e. The maximum atomic E-state index is 11.3. The Hall–Kier alpha value is -1.21. The minimum Gasteiger partial charge on any atom is -0.478 e. The second-order valence-electron chi connectivity index (χ2n) is 3.00. The number of sulfone groups is 1. The van der Waals surface area contributed by atoms with Gasteiger partial charge in [-0.2, -0.15) is 0 Å². The van der Waals surface area contributed by atoms with Gasteiger partial charge in [0.1, 0.15) is 10.8 Å². The lowest BCUT2D eigenvalue weighted by atomic mass is 10.4. The van der Waals surface area contributed by atoms with Crippen molar-refractivity contribution in [3.8, 4) is 0 Å². The summed E-state index contributed by atoms with van der Waals surface area (Å²) in [5, 5.41) is 8.89. The summed E-state index contributed by atoms with van der Waals surface area (Å²) in [5.74, 6) is -1.06. The highest BCUT2D eigenvalue weighted by molar-refractivity contribution is 7.90. The van der Waals surface area contributed by atoms with Crippen LogP contribution in [0.2, 0.25) is 0 Å². The maximum absolute atomic E-state index is 11.3. The van der Waals surface area contributed by atoms with Gasteiger partial charge in [-0.1, -0.05) is 6.92 Å². The van der Waals surface area contributed by atoms with Crippen molar-refractivity contribution >= 4 is 33.2 Å². The SMILES string of the molecule is CCS(=O)(=O)Cc1ncc(/C=C/C(=O)O)s1. The van der Waals surface area contributed by atoms with E-state index in [0.29, 0.717) is 9.88 Å². The minimum atomic E-state index is -3.08. The van der Waals surface area contributed by atoms with Gasteiger partial charge in [0.25, 0.3) is 0 Å². The lowest BCUT2D eigenvalue weighted by molar-refractivity contribution is -0.131. The summed E-state index contributed by atoms with van der Waals surface area (Å²) in [6.45, 7) is 1.58. The molecule has 7 heteroatoms. The highest BCUT2D eigenvalue weighted by atomic mass is 32.2. The molecule has 16 heavy (non-hydrogen) atoms. The van der Waals surface area contributed by atoms with Crippen LogP contribution in [-0.2, 0) is 20.4 Å². The number of thiazole rings is 1. The molecule has 0 aliphatic rings. The van der Waals surface area contributed by atoms with Gasteiger partial charge in [0, 0.05) is 22.9 Å². The van der Waals surface area contributed by atoms with E-state index >= 15 is 0 Å². The highest BCUT2D eigenvalue weighted by Gasteiger charge is 2.11. The van der Waals surface area contributed by atoms with Gasteiger partial charge in [-0.05, 0) is 6.08 Å². The molecular weight excluding hydrogens is 250 g/mol. The van der Waals surface area contributed by atoms with Gasteiger partial charge in [0.05, 0.1) is 0 Å². The van der Waals surface area contributed by atoms with Crippen molar-refractivity contribution in [3.05, 3.63) is 22.2 Å². The molecule has 88 valence electrons. The molecule has 0 amide bonds. The van der Waals surface area contributed by atoms with Crippen LogP contribution in [0.15, 0.2) is 12.3 Å². The predicted octanol–water partition coefficient (Wildman–Crippen LogP) is 1.18. The first kappa shape index (κ1) is 12.9. The molecule has 0 aromatic carbocycles. The Morgan fingerprint density at radius 2 is 2.31 bits per heavy atom. The third kappa shape index (κ3) is 4.11. The van der Waals surface area contributed by atoms with Crippen molar-refractivity contribution in [2.24, 2.45) is 0 Å². The predicted molar refractivity (Wildman–Crippen MR) is 61.9 cm³/mol. The molecular formula is C9H11NO4S2. The second kappa shape index (κ2) is 5.22. The van der Waals surface area contributed by atoms with Crippen molar-refractivity contribution in [2.45, 2.75) is 12.7 Å². The van der Waals surface area contributed by atoms with E-state index in [1.807, 2.05) is 0 Å². The van der Waals surface area contributed by atoms with E-state index in [-0.39, 0.29) is 11.5 Å². The first-order valence-corrected chi connectivity index (χ1v) is 7.13. The zero-order chi connectivity index (χ0) is 12.2. The number of rotatable bonds is 5. The topological polar surface area (TPSA) is 84.3 Å². The van der Waals surface area contributed by atoms with E-state index in [2.05, 4.69) is 4.98 Å². The monoisotopic (exact) mass is 261 g/mol. The number of aromatic nitrogens is 1. The summed E-state index contributed by atoms with van der Waals surface area (Å²) in [4.78, 5) is 14.8. The quantitative estimate of drug-likeness (QED) is 0.804. The standard InChI is InChI=1S/C9H11NO4S2/c1-2-16(13,14)6-8-10-5-7(15-8)3-4-9(11)12/h3-5H,2,6H2,1H3,(H,11,12)/b4-3+. The highest BCUT2D eigenvalue weighted by Crippen LogP contribution is 2.17. The van der Waals surface area contributed by atoms with E-state index in [0.717, 1.165) is 6.08 Å². The van der Waals surface area contributed by atoms with Gasteiger partial charge in [-0.15, -0.1) is 11.3 Å². The van der Waals surface area contributed by atoms with Gasteiger partial charge in [0.15, 0.2) is 9.84 Å². The Morgan fingerprint density at radius 1 is 1.62 bits per heavy atom. The minimum absolute atomic E-state index is 0.0763. The Morgan fingerprint density at radius 3 is 2.88 bits per heavy atom. The maximum Gasteiger partial charge on any atom is 0.328 e. The number of carboxylic acid groups (broad SMARTS) is 1. The third-order valence-electron chi connectivity index (χ3n) is 1.74. The van der Waals surface area contributed by atoms with Crippen LogP contribution >= 0.6 is 11.3 Å². The second-order valence-corrected chi connectivity index (χ2v) is 6.50. The zero-order valence-corrected chi connectivity index (χ0v) is 10.2. The van der Waals surface area contributed by atoms with Crippen LogP contribution in [0.5, 0.6) is 0 Å². The lowest BCUT2D eigenvalue weighted by Crippen LogP contribution is -2.05. The Kier molecular flexibility index (Phi) is 4.19. The molecule has 0 aliphatic carbocycles. The Labute approximate surface area is 97.4 Å². The molecule has 0 aliphatic heterocycles. The van der Waals surface area contributed by atoms with Crippen LogP contribution in [0.4, 0.5) is 0 Å². The molecule has 1 aromatic heterocycles. The molecule has 1 heterocycles. The molecule has 1 aromatic rings. The average molecular weight is 261 g/mol. The van der Waals surface area contributed by atoms with Crippen LogP contribution in [-0.4, -0.2) is 30.2 Å². The molecule has 0 saturated heterocycles. The molecule has 1 rings (SSSR count). The molecule has 5 nitrogen and oxygen atoms in total. The molecule has 0 saturated carbocycles. The van der Waals surface area contributed by atoms with Crippen molar-refractivity contribution < 1.29 is 18.3 Å². The molecule has 1 N–H and O–H groups in total. The van der Waals surface area contributed by atoms with E-state index in [1.165, 1.54) is 23.6 Å². The number of hydrogen-bond acceptors (Lipinski definition) is 5. The number of carboxylic acids is 1. The van der Waals surface area contributed by atoms with Crippen molar-refractivity contribution in [1.82, 2.24) is 4.98 Å². The van der Waals surface area contributed by atoms with E-state index < -0.39 is 15.8 Å². The van der Waals surface area contributed by atoms with Gasteiger partial charge in [-0.25, -0.2) is 18.2 Å². The first-order valence-electron chi connectivity index (χ1n) is 4.49. The Balaban J connectivity index is 2.76. The first-order chi connectivity index (χ1) is 7.43. The summed E-state index contributed by atoms with van der Waals surface area (Å²) in [7, 11) is -3.08. The fourth-order valence-corrected chi connectivity index (χ4v) is 2.96. The van der Waals surface area contributed by atoms with E-state index in [1.54, 1.807) is 6.92 Å². The van der Waals surface area contributed by atoms with E-state index in [4.69, 9.17) is 5.11 Å². The normalized spacial score (nSPS) is 12.1. The summed E-state index contributed by atoms with van der Waals surface area (Å²) >= 11 is 1.18. The van der Waals surface area contributed by atoms with Crippen molar-refractivity contribution in [1.29, 1.82) is 0 Å². The zero-order valence-electron chi connectivity index (χ0n) is 8.58. The molecule has 0 atom stereocenters. The van der Waals surface area contributed by atoms with Crippen LogP contribution in [0, 0.1) is 0 Å². The van der Waals surface area contributed by atoms with Crippen LogP contribution < -0.4 is 0 Å². The van der Waals surface area contributed by atoms with Crippen LogP contribution in [0.3, 0.4) is 0 Å². The molecule has 0 fully saturated rings. The van der Waals surface area contributed by atoms with Gasteiger partial charge in [0.2, 0.25) is 0 Å². The fourth-order valence-electron chi connectivity index (χ4n) is 0.912. The number of carbonyl (C=O) groups is 1. The lowest BCUT2D eigenvalue weighted by Gasteiger charge is -1.95. The summed E-state index contributed by atoms with van der Waals surface area (Å²) in [6, 6.07) is 0. The fraction of sp³-hybridized carbons (Fsp3) is 0.333. The summed E-state index contributed by atoms with van der Waals surface area (Å²) < 4.78 is 22.6. The molecule has 0 unspecified atom stereocenters. The summed E-state index contributed by atoms with van der Waals surface area (Å²) in [6.07, 6.45) is 3.85. The van der Waals surface area contributed by atoms with Crippen LogP contribution in [0.25, 0.3) is 6.08 Å². The van der Waals surface area contributed by atoms with Crippen molar-refractivity contribution in [2.75, 3.05) is 5.75 Å². The van der Waals surface area contributed by atoms with Crippen LogP contribution in [0.1, 0.15) is 16.8 Å². The number of hydrogen-bond donors (Lipinski definition) is 1. The van der Waals surface area contributed by atoms with Gasteiger partial charge in [-0.3, -0.25) is 0 Å². The molecule has 0 bridgehead atoms. The molecule has 0 radical (unpaired) electrons. The Bertz CT molecular complexity index is 501. The number of nitrogens with zero attached hydrogens (tertiary/aromatic N) is 1. The summed E-state index contributed by atoms with van der Waals surface area (Å²) in [5.41, 5.74) is 0. The largest absolute Gasteiger partial charge is 0.478 e.